The van der Waals surface area contributed by atoms with Crippen molar-refractivity contribution in [1.29, 1.82) is 0 Å². The Labute approximate surface area is 106 Å². The van der Waals surface area contributed by atoms with Crippen molar-refractivity contribution in [3.8, 4) is 0 Å². The molecule has 0 atom stereocenters. The van der Waals surface area contributed by atoms with E-state index < -0.39 is 0 Å². The number of imidazole rings is 1. The summed E-state index contributed by atoms with van der Waals surface area (Å²) in [6.45, 7) is 3.04. The first-order valence-corrected chi connectivity index (χ1v) is 6.48. The number of hydrogen-bond acceptors (Lipinski definition) is 2. The highest BCUT2D eigenvalue weighted by Crippen LogP contribution is 2.22. The van der Waals surface area contributed by atoms with Crippen LogP contribution >= 0.6 is 11.6 Å². The largest absolute Gasteiger partial charge is 0.342 e. The number of benzene rings is 1. The summed E-state index contributed by atoms with van der Waals surface area (Å²) in [4.78, 5) is 7.95. The Hall–Kier alpha value is -1.06. The molecule has 1 saturated carbocycles. The first-order chi connectivity index (χ1) is 8.22. The summed E-state index contributed by atoms with van der Waals surface area (Å²) in [6, 6.07) is 4.65. The van der Waals surface area contributed by atoms with Gasteiger partial charge in [0.1, 0.15) is 5.82 Å². The lowest BCUT2D eigenvalue weighted by Gasteiger charge is -1.98. The van der Waals surface area contributed by atoms with Crippen molar-refractivity contribution in [1.82, 2.24) is 15.3 Å². The second-order valence-corrected chi connectivity index (χ2v) is 5.22. The van der Waals surface area contributed by atoms with Crippen LogP contribution in [0.1, 0.15) is 24.2 Å². The Kier molecular flexibility index (Phi) is 2.81. The molecule has 0 spiro atoms. The second kappa shape index (κ2) is 4.31. The van der Waals surface area contributed by atoms with E-state index in [0.717, 1.165) is 46.5 Å². The van der Waals surface area contributed by atoms with E-state index in [1.165, 1.54) is 12.8 Å². The van der Waals surface area contributed by atoms with E-state index in [1.807, 2.05) is 19.1 Å². The third kappa shape index (κ3) is 2.45. The van der Waals surface area contributed by atoms with Gasteiger partial charge in [0, 0.05) is 24.0 Å². The predicted octanol–water partition coefficient (Wildman–Crippen LogP) is 2.82. The summed E-state index contributed by atoms with van der Waals surface area (Å²) in [5, 5.41) is 4.25. The van der Waals surface area contributed by atoms with Gasteiger partial charge in [-0.25, -0.2) is 4.98 Å². The summed E-state index contributed by atoms with van der Waals surface area (Å²) in [5.41, 5.74) is 3.21. The predicted molar refractivity (Wildman–Crippen MR) is 70.6 cm³/mol. The van der Waals surface area contributed by atoms with Crippen LogP contribution in [0, 0.1) is 6.92 Å². The number of fused-ring (bicyclic) bond motifs is 1. The first-order valence-electron chi connectivity index (χ1n) is 6.10. The minimum atomic E-state index is 0.760. The van der Waals surface area contributed by atoms with Gasteiger partial charge in [0.05, 0.1) is 11.0 Å². The molecular formula is C13H16ClN3. The van der Waals surface area contributed by atoms with E-state index in [0.29, 0.717) is 0 Å². The van der Waals surface area contributed by atoms with Gasteiger partial charge in [-0.1, -0.05) is 11.6 Å². The van der Waals surface area contributed by atoms with Gasteiger partial charge < -0.3 is 10.3 Å². The van der Waals surface area contributed by atoms with Gasteiger partial charge in [-0.05, 0) is 37.5 Å². The molecular weight excluding hydrogens is 234 g/mol. The number of rotatable bonds is 4. The summed E-state index contributed by atoms with van der Waals surface area (Å²) < 4.78 is 0. The highest BCUT2D eigenvalue weighted by atomic mass is 35.5. The number of halogens is 1. The van der Waals surface area contributed by atoms with Gasteiger partial charge in [-0.15, -0.1) is 0 Å². The zero-order chi connectivity index (χ0) is 11.8. The Morgan fingerprint density at radius 2 is 2.29 bits per heavy atom. The van der Waals surface area contributed by atoms with Crippen LogP contribution in [0.15, 0.2) is 12.1 Å². The van der Waals surface area contributed by atoms with Crippen LogP contribution in [0.25, 0.3) is 11.0 Å². The maximum atomic E-state index is 6.03. The molecule has 0 bridgehead atoms. The zero-order valence-corrected chi connectivity index (χ0v) is 10.6. The standard InChI is InChI=1S/C13H16ClN3/c1-8-6-9(14)7-11-13(8)17-12(16-11)4-5-15-10-2-3-10/h6-7,10,15H,2-5H2,1H3,(H,16,17). The van der Waals surface area contributed by atoms with E-state index in [9.17, 15) is 0 Å². The molecule has 2 aromatic rings. The van der Waals surface area contributed by atoms with Crippen molar-refractivity contribution in [3.63, 3.8) is 0 Å². The molecule has 1 aromatic heterocycles. The lowest BCUT2D eigenvalue weighted by molar-refractivity contribution is 0.670. The normalized spacial score (nSPS) is 15.6. The number of aryl methyl sites for hydroxylation is 1. The first kappa shape index (κ1) is 11.1. The number of hydrogen-bond donors (Lipinski definition) is 2. The highest BCUT2D eigenvalue weighted by molar-refractivity contribution is 6.31. The fourth-order valence-electron chi connectivity index (χ4n) is 2.10. The number of nitrogens with zero attached hydrogens (tertiary/aromatic N) is 1. The highest BCUT2D eigenvalue weighted by Gasteiger charge is 2.19. The molecule has 0 unspecified atom stereocenters. The van der Waals surface area contributed by atoms with Gasteiger partial charge in [0.15, 0.2) is 0 Å². The van der Waals surface area contributed by atoms with Gasteiger partial charge in [-0.2, -0.15) is 0 Å². The molecule has 2 N–H and O–H groups in total. The maximum Gasteiger partial charge on any atom is 0.108 e. The number of aromatic amines is 1. The molecule has 17 heavy (non-hydrogen) atoms. The van der Waals surface area contributed by atoms with E-state index in [1.54, 1.807) is 0 Å². The molecule has 1 aliphatic rings. The summed E-state index contributed by atoms with van der Waals surface area (Å²) >= 11 is 6.03. The van der Waals surface area contributed by atoms with Crippen molar-refractivity contribution in [2.75, 3.05) is 6.54 Å². The Morgan fingerprint density at radius 3 is 3.06 bits per heavy atom. The lowest BCUT2D eigenvalue weighted by atomic mass is 10.2. The van der Waals surface area contributed by atoms with Gasteiger partial charge in [-0.3, -0.25) is 0 Å². The minimum absolute atomic E-state index is 0.760. The average molecular weight is 250 g/mol. The minimum Gasteiger partial charge on any atom is -0.342 e. The molecule has 1 heterocycles. The molecule has 0 saturated heterocycles. The second-order valence-electron chi connectivity index (χ2n) is 4.78. The molecule has 1 fully saturated rings. The van der Waals surface area contributed by atoms with E-state index in [4.69, 9.17) is 11.6 Å². The third-order valence-corrected chi connectivity index (χ3v) is 3.38. The average Bonchev–Trinajstić information content (AvgIpc) is 2.98. The van der Waals surface area contributed by atoms with E-state index in [2.05, 4.69) is 15.3 Å². The van der Waals surface area contributed by atoms with Crippen LogP contribution in [0.4, 0.5) is 0 Å². The quantitative estimate of drug-likeness (QED) is 0.875. The molecule has 4 heteroatoms. The number of H-pyrrole nitrogens is 1. The van der Waals surface area contributed by atoms with Crippen LogP contribution in [0.2, 0.25) is 5.02 Å². The molecule has 3 rings (SSSR count). The molecule has 0 amide bonds. The number of aromatic nitrogens is 2. The van der Waals surface area contributed by atoms with Crippen LogP contribution in [-0.4, -0.2) is 22.6 Å². The monoisotopic (exact) mass is 249 g/mol. The van der Waals surface area contributed by atoms with Crippen LogP contribution in [0.3, 0.4) is 0 Å². The summed E-state index contributed by atoms with van der Waals surface area (Å²) in [5.74, 6) is 1.04. The fourth-order valence-corrected chi connectivity index (χ4v) is 2.37. The van der Waals surface area contributed by atoms with Gasteiger partial charge in [0.25, 0.3) is 0 Å². The topological polar surface area (TPSA) is 40.7 Å². The van der Waals surface area contributed by atoms with Crippen molar-refractivity contribution in [2.24, 2.45) is 0 Å². The van der Waals surface area contributed by atoms with Crippen LogP contribution in [0.5, 0.6) is 0 Å². The fraction of sp³-hybridized carbons (Fsp3) is 0.462. The van der Waals surface area contributed by atoms with Crippen LogP contribution in [-0.2, 0) is 6.42 Å². The Bertz CT molecular complexity index is 543. The zero-order valence-electron chi connectivity index (χ0n) is 9.89. The summed E-state index contributed by atoms with van der Waals surface area (Å²) in [6.07, 6.45) is 3.60. The molecule has 90 valence electrons. The maximum absolute atomic E-state index is 6.03. The van der Waals surface area contributed by atoms with Crippen molar-refractivity contribution < 1.29 is 0 Å². The number of nitrogens with one attached hydrogen (secondary N) is 2. The Morgan fingerprint density at radius 1 is 1.47 bits per heavy atom. The molecule has 1 aliphatic carbocycles. The Balaban J connectivity index is 1.77. The SMILES string of the molecule is Cc1cc(Cl)cc2[nH]c(CCNC3CC3)nc12. The summed E-state index contributed by atoms with van der Waals surface area (Å²) in [7, 11) is 0. The molecule has 3 nitrogen and oxygen atoms in total. The lowest BCUT2D eigenvalue weighted by Crippen LogP contribution is -2.19. The third-order valence-electron chi connectivity index (χ3n) is 3.16. The van der Waals surface area contributed by atoms with Crippen molar-refractivity contribution in [3.05, 3.63) is 28.5 Å². The van der Waals surface area contributed by atoms with Crippen molar-refractivity contribution in [2.45, 2.75) is 32.2 Å². The van der Waals surface area contributed by atoms with Gasteiger partial charge >= 0.3 is 0 Å². The van der Waals surface area contributed by atoms with Gasteiger partial charge in [0.2, 0.25) is 0 Å². The molecule has 1 aromatic carbocycles. The molecule has 0 radical (unpaired) electrons. The van der Waals surface area contributed by atoms with E-state index in [-0.39, 0.29) is 0 Å². The van der Waals surface area contributed by atoms with Crippen LogP contribution < -0.4 is 5.32 Å². The van der Waals surface area contributed by atoms with E-state index >= 15 is 0 Å². The van der Waals surface area contributed by atoms with Crippen molar-refractivity contribution >= 4 is 22.6 Å². The molecule has 0 aliphatic heterocycles. The smallest absolute Gasteiger partial charge is 0.108 e.